The second-order valence-corrected chi connectivity index (χ2v) is 8.59. The Labute approximate surface area is 210 Å². The van der Waals surface area contributed by atoms with Crippen LogP contribution in [0, 0.1) is 0 Å². The number of carboxylic acid groups (broad SMARTS) is 1. The largest absolute Gasteiger partial charge is 0.493 e. The molecule has 0 saturated carbocycles. The molecule has 0 aliphatic heterocycles. The number of halogens is 1. The number of aryl methyl sites for hydroxylation is 2. The molecule has 0 aliphatic carbocycles. The maximum Gasteiger partial charge on any atom is 0.337 e. The molecule has 0 spiro atoms. The molecule has 3 aromatic rings. The van der Waals surface area contributed by atoms with Gasteiger partial charge in [0.25, 0.3) is 0 Å². The number of amides is 1. The van der Waals surface area contributed by atoms with Gasteiger partial charge < -0.3 is 19.9 Å². The van der Waals surface area contributed by atoms with Crippen LogP contribution in [0.4, 0.5) is 5.69 Å². The van der Waals surface area contributed by atoms with Gasteiger partial charge in [-0.15, -0.1) is 0 Å². The highest BCUT2D eigenvalue weighted by Gasteiger charge is 2.12. The summed E-state index contributed by atoms with van der Waals surface area (Å²) >= 11 is 5.87. The maximum absolute atomic E-state index is 12.3. The van der Waals surface area contributed by atoms with Crippen LogP contribution in [0.1, 0.15) is 47.2 Å². The van der Waals surface area contributed by atoms with Crippen molar-refractivity contribution in [3.63, 3.8) is 0 Å². The Balaban J connectivity index is 1.43. The summed E-state index contributed by atoms with van der Waals surface area (Å²) in [6.45, 7) is 0.617. The molecule has 7 heteroatoms. The van der Waals surface area contributed by atoms with Crippen LogP contribution in [0.5, 0.6) is 11.5 Å². The minimum Gasteiger partial charge on any atom is -0.493 e. The van der Waals surface area contributed by atoms with Gasteiger partial charge in [0.15, 0.2) is 11.5 Å². The van der Waals surface area contributed by atoms with E-state index in [9.17, 15) is 9.59 Å². The van der Waals surface area contributed by atoms with Crippen molar-refractivity contribution in [1.29, 1.82) is 0 Å². The number of aromatic carboxylic acids is 1. The SMILES string of the molecule is COc1cc(CCC(=O)Nc2ccc(Cl)c(C(=O)O)c2)ccc1OCCCCCc1ccccc1. The van der Waals surface area contributed by atoms with Crippen molar-refractivity contribution < 1.29 is 24.2 Å². The highest BCUT2D eigenvalue weighted by molar-refractivity contribution is 6.33. The first-order chi connectivity index (χ1) is 17.0. The fourth-order valence-corrected chi connectivity index (χ4v) is 3.87. The van der Waals surface area contributed by atoms with Crippen molar-refractivity contribution in [3.8, 4) is 11.5 Å². The molecule has 0 bridgehead atoms. The Morgan fingerprint density at radius 3 is 2.43 bits per heavy atom. The third-order valence-electron chi connectivity index (χ3n) is 5.56. The van der Waals surface area contributed by atoms with E-state index in [1.165, 1.54) is 17.7 Å². The number of carboxylic acids is 1. The van der Waals surface area contributed by atoms with Crippen LogP contribution in [-0.4, -0.2) is 30.7 Å². The second-order valence-electron chi connectivity index (χ2n) is 8.18. The molecule has 3 rings (SSSR count). The second kappa shape index (κ2) is 13.4. The molecule has 0 atom stereocenters. The fraction of sp³-hybridized carbons (Fsp3) is 0.286. The lowest BCUT2D eigenvalue weighted by atomic mass is 10.1. The molecule has 184 valence electrons. The summed E-state index contributed by atoms with van der Waals surface area (Å²) in [7, 11) is 1.60. The van der Waals surface area contributed by atoms with Gasteiger partial charge in [-0.1, -0.05) is 48.0 Å². The van der Waals surface area contributed by atoms with Gasteiger partial charge in [-0.2, -0.15) is 0 Å². The quantitative estimate of drug-likeness (QED) is 0.268. The van der Waals surface area contributed by atoms with Crippen LogP contribution in [-0.2, 0) is 17.6 Å². The number of methoxy groups -OCH3 is 1. The zero-order chi connectivity index (χ0) is 25.0. The molecule has 1 amide bonds. The first-order valence-corrected chi connectivity index (χ1v) is 12.0. The molecule has 0 radical (unpaired) electrons. The molecule has 6 nitrogen and oxygen atoms in total. The Hall–Kier alpha value is -3.51. The number of carbonyl (C=O) groups excluding carboxylic acids is 1. The normalized spacial score (nSPS) is 10.6. The van der Waals surface area contributed by atoms with Crippen LogP contribution in [0.2, 0.25) is 5.02 Å². The highest BCUT2D eigenvalue weighted by atomic mass is 35.5. The van der Waals surface area contributed by atoms with Crippen molar-refractivity contribution in [2.24, 2.45) is 0 Å². The summed E-state index contributed by atoms with van der Waals surface area (Å²) in [4.78, 5) is 23.5. The Bertz CT molecular complexity index is 1130. The Kier molecular flexibility index (Phi) is 9.99. The van der Waals surface area contributed by atoms with Gasteiger partial charge in [0.05, 0.1) is 24.3 Å². The molecule has 0 unspecified atom stereocenters. The number of unbranched alkanes of at least 4 members (excludes halogenated alkanes) is 2. The molecular weight excluding hydrogens is 466 g/mol. The number of rotatable bonds is 13. The molecular formula is C28H30ClNO5. The van der Waals surface area contributed by atoms with E-state index >= 15 is 0 Å². The molecule has 0 saturated heterocycles. The summed E-state index contributed by atoms with van der Waals surface area (Å²) in [6, 6.07) is 20.5. The van der Waals surface area contributed by atoms with Crippen LogP contribution >= 0.6 is 11.6 Å². The first kappa shape index (κ1) is 26.1. The van der Waals surface area contributed by atoms with Gasteiger partial charge in [0, 0.05) is 12.1 Å². The summed E-state index contributed by atoms with van der Waals surface area (Å²) in [5.41, 5.74) is 2.63. The van der Waals surface area contributed by atoms with E-state index in [2.05, 4.69) is 29.6 Å². The molecule has 0 heterocycles. The Morgan fingerprint density at radius 1 is 0.886 bits per heavy atom. The number of carbonyl (C=O) groups is 2. The standard InChI is InChI=1S/C28H30ClNO5/c1-34-26-18-21(12-16-27(31)30-22-13-14-24(29)23(19-22)28(32)33)11-15-25(26)35-17-7-3-6-10-20-8-4-2-5-9-20/h2,4-5,8-9,11,13-15,18-19H,3,6-7,10,12,16-17H2,1H3,(H,30,31)(H,32,33). The van der Waals surface area contributed by atoms with Gasteiger partial charge in [-0.05, 0) is 73.6 Å². The van der Waals surface area contributed by atoms with Crippen LogP contribution in [0.15, 0.2) is 66.7 Å². The zero-order valence-electron chi connectivity index (χ0n) is 19.8. The van der Waals surface area contributed by atoms with E-state index in [0.29, 0.717) is 30.2 Å². The predicted octanol–water partition coefficient (Wildman–Crippen LogP) is 6.41. The van der Waals surface area contributed by atoms with E-state index in [1.807, 2.05) is 24.3 Å². The van der Waals surface area contributed by atoms with E-state index in [1.54, 1.807) is 13.2 Å². The average Bonchev–Trinajstić information content (AvgIpc) is 2.86. The van der Waals surface area contributed by atoms with Crippen molar-refractivity contribution >= 4 is 29.2 Å². The van der Waals surface area contributed by atoms with Crippen molar-refractivity contribution in [1.82, 2.24) is 0 Å². The van der Waals surface area contributed by atoms with Gasteiger partial charge >= 0.3 is 5.97 Å². The van der Waals surface area contributed by atoms with E-state index in [0.717, 1.165) is 31.2 Å². The number of benzene rings is 3. The van der Waals surface area contributed by atoms with Crippen molar-refractivity contribution in [2.45, 2.75) is 38.5 Å². The molecule has 2 N–H and O–H groups in total. The summed E-state index contributed by atoms with van der Waals surface area (Å²) in [5.74, 6) is -0.0479. The smallest absolute Gasteiger partial charge is 0.337 e. The lowest BCUT2D eigenvalue weighted by Gasteiger charge is -2.12. The molecule has 0 aliphatic rings. The van der Waals surface area contributed by atoms with Gasteiger partial charge in [-0.25, -0.2) is 4.79 Å². The molecule has 35 heavy (non-hydrogen) atoms. The monoisotopic (exact) mass is 495 g/mol. The Morgan fingerprint density at radius 2 is 1.69 bits per heavy atom. The first-order valence-electron chi connectivity index (χ1n) is 11.6. The van der Waals surface area contributed by atoms with E-state index in [4.69, 9.17) is 26.2 Å². The van der Waals surface area contributed by atoms with Crippen molar-refractivity contribution in [3.05, 3.63) is 88.4 Å². The van der Waals surface area contributed by atoms with E-state index < -0.39 is 5.97 Å². The van der Waals surface area contributed by atoms with Gasteiger partial charge in [-0.3, -0.25) is 4.79 Å². The third-order valence-corrected chi connectivity index (χ3v) is 5.89. The van der Waals surface area contributed by atoms with Crippen LogP contribution in [0.25, 0.3) is 0 Å². The van der Waals surface area contributed by atoms with Gasteiger partial charge in [0.2, 0.25) is 5.91 Å². The fourth-order valence-electron chi connectivity index (χ4n) is 3.67. The average molecular weight is 496 g/mol. The van der Waals surface area contributed by atoms with Crippen molar-refractivity contribution in [2.75, 3.05) is 19.0 Å². The van der Waals surface area contributed by atoms with Crippen LogP contribution < -0.4 is 14.8 Å². The predicted molar refractivity (Wildman–Crippen MR) is 138 cm³/mol. The summed E-state index contributed by atoms with van der Waals surface area (Å²) in [6.07, 6.45) is 4.99. The van der Waals surface area contributed by atoms with Gasteiger partial charge in [0.1, 0.15) is 0 Å². The molecule has 0 fully saturated rings. The number of ether oxygens (including phenoxy) is 2. The van der Waals surface area contributed by atoms with Crippen LogP contribution in [0.3, 0.4) is 0 Å². The third kappa shape index (κ3) is 8.34. The number of hydrogen-bond donors (Lipinski definition) is 2. The zero-order valence-corrected chi connectivity index (χ0v) is 20.5. The lowest BCUT2D eigenvalue weighted by molar-refractivity contribution is -0.116. The summed E-state index contributed by atoms with van der Waals surface area (Å²) in [5, 5.41) is 12.0. The number of anilines is 1. The molecule has 0 aromatic heterocycles. The maximum atomic E-state index is 12.3. The van der Waals surface area contributed by atoms with E-state index in [-0.39, 0.29) is 22.9 Å². The molecule has 3 aromatic carbocycles. The highest BCUT2D eigenvalue weighted by Crippen LogP contribution is 2.29. The topological polar surface area (TPSA) is 84.9 Å². The number of hydrogen-bond acceptors (Lipinski definition) is 4. The number of nitrogens with one attached hydrogen (secondary N) is 1. The summed E-state index contributed by atoms with van der Waals surface area (Å²) < 4.78 is 11.4. The lowest BCUT2D eigenvalue weighted by Crippen LogP contribution is -2.13. The minimum absolute atomic E-state index is 0.0546. The minimum atomic E-state index is -1.15.